The number of carbonyl (C=O) groups is 3. The second kappa shape index (κ2) is 35.6. The Morgan fingerprint density at radius 2 is 1.13 bits per heavy atom. The Morgan fingerprint density at radius 3 is 1.67 bits per heavy atom. The van der Waals surface area contributed by atoms with Gasteiger partial charge in [-0.25, -0.2) is 9.59 Å². The Kier molecular flexibility index (Phi) is 31.6. The fourth-order valence-electron chi connectivity index (χ4n) is 7.86. The fourth-order valence-corrected chi connectivity index (χ4v) is 7.86. The third-order valence-electron chi connectivity index (χ3n) is 11.7. The molecule has 1 aliphatic heterocycles. The van der Waals surface area contributed by atoms with Gasteiger partial charge in [0.25, 0.3) is 0 Å². The second-order valence-electron chi connectivity index (χ2n) is 17.0. The largest absolute Gasteiger partial charge is 0.450 e. The van der Waals surface area contributed by atoms with Crippen molar-refractivity contribution in [1.29, 1.82) is 0 Å². The number of amides is 3. The molecule has 1 fully saturated rings. The predicted octanol–water partition coefficient (Wildman–Crippen LogP) is 9.55. The molecule has 1 saturated heterocycles. The Labute approximate surface area is 363 Å². The molecule has 0 bridgehead atoms. The standard InChI is InChI=1S/C48H85N3O9/c1-3-4-5-6-7-8-9-10-11-12-13-16-19-22-25-31-36-58-47(56)49-35-30-24-21-18-15-14-17-20-23-29-34-41-43(45(54)44(53)42(37-52)60-41)51-46(55)39(2)50-48(57)59-38-40-32-27-26-28-33-40/h26-28,32-33,39,41-45,52-54H,3-25,29-31,34-38H2,1-2H3,(H,49,56)(H,50,57)(H,51,55)/t39-,41-,42+,43-,44+,45+/m0/s1. The molecule has 60 heavy (non-hydrogen) atoms. The van der Waals surface area contributed by atoms with Gasteiger partial charge in [-0.05, 0) is 31.7 Å². The SMILES string of the molecule is CCCCCCCCCCCCCCCCCCOC(=O)NCCCCCCCCCCCC[C@@H]1O[C@H](CO)[C@@H](O)[C@H](O)[C@H]1NC(=O)[C@H](C)NC(=O)OCc1ccccc1. The topological polar surface area (TPSA) is 176 Å². The summed E-state index contributed by atoms with van der Waals surface area (Å²) >= 11 is 0. The van der Waals surface area contributed by atoms with Crippen LogP contribution in [0.5, 0.6) is 0 Å². The number of benzene rings is 1. The Hall–Kier alpha value is -2.93. The van der Waals surface area contributed by atoms with E-state index in [1.807, 2.05) is 30.3 Å². The molecule has 0 radical (unpaired) electrons. The van der Waals surface area contributed by atoms with Crippen molar-refractivity contribution >= 4 is 18.1 Å². The van der Waals surface area contributed by atoms with E-state index in [9.17, 15) is 29.7 Å². The van der Waals surface area contributed by atoms with Gasteiger partial charge in [-0.1, -0.05) is 191 Å². The molecular weight excluding hydrogens is 763 g/mol. The number of rotatable bonds is 36. The number of aliphatic hydroxyl groups excluding tert-OH is 3. The van der Waals surface area contributed by atoms with Gasteiger partial charge in [-0.15, -0.1) is 0 Å². The summed E-state index contributed by atoms with van der Waals surface area (Å²) in [5, 5.41) is 39.2. The summed E-state index contributed by atoms with van der Waals surface area (Å²) in [6, 6.07) is 7.32. The molecular formula is C48H85N3O9. The summed E-state index contributed by atoms with van der Waals surface area (Å²) < 4.78 is 16.5. The van der Waals surface area contributed by atoms with Crippen LogP contribution >= 0.6 is 0 Å². The number of nitrogens with one attached hydrogen (secondary N) is 3. The highest BCUT2D eigenvalue weighted by atomic mass is 16.6. The maximum absolute atomic E-state index is 13.0. The van der Waals surface area contributed by atoms with E-state index in [1.165, 1.54) is 110 Å². The molecule has 6 atom stereocenters. The lowest BCUT2D eigenvalue weighted by atomic mass is 9.89. The van der Waals surface area contributed by atoms with Gasteiger partial charge in [0, 0.05) is 6.54 Å². The van der Waals surface area contributed by atoms with Gasteiger partial charge >= 0.3 is 12.2 Å². The maximum atomic E-state index is 13.0. The summed E-state index contributed by atoms with van der Waals surface area (Å²) in [6.07, 6.45) is 27.0. The van der Waals surface area contributed by atoms with E-state index in [2.05, 4.69) is 22.9 Å². The van der Waals surface area contributed by atoms with Crippen molar-refractivity contribution in [1.82, 2.24) is 16.0 Å². The molecule has 6 N–H and O–H groups in total. The van der Waals surface area contributed by atoms with Crippen LogP contribution < -0.4 is 16.0 Å². The lowest BCUT2D eigenvalue weighted by Crippen LogP contribution is -2.65. The molecule has 1 aromatic carbocycles. The van der Waals surface area contributed by atoms with Gasteiger partial charge in [-0.2, -0.15) is 0 Å². The first-order valence-electron chi connectivity index (χ1n) is 24.1. The van der Waals surface area contributed by atoms with E-state index in [0.717, 1.165) is 69.8 Å². The van der Waals surface area contributed by atoms with E-state index < -0.39 is 55.1 Å². The van der Waals surface area contributed by atoms with Crippen LogP contribution in [0.3, 0.4) is 0 Å². The Morgan fingerprint density at radius 1 is 0.633 bits per heavy atom. The number of alkyl carbamates (subject to hydrolysis) is 2. The monoisotopic (exact) mass is 848 g/mol. The molecule has 0 aliphatic carbocycles. The molecule has 346 valence electrons. The zero-order chi connectivity index (χ0) is 43.5. The number of unbranched alkanes of at least 4 members (excludes halogenated alkanes) is 24. The number of aliphatic hydroxyl groups is 3. The van der Waals surface area contributed by atoms with Crippen molar-refractivity contribution in [2.24, 2.45) is 0 Å². The third kappa shape index (κ3) is 25.8. The minimum absolute atomic E-state index is 0.0607. The van der Waals surface area contributed by atoms with Gasteiger partial charge < -0.3 is 45.5 Å². The van der Waals surface area contributed by atoms with Gasteiger partial charge in [-0.3, -0.25) is 4.79 Å². The van der Waals surface area contributed by atoms with E-state index >= 15 is 0 Å². The van der Waals surface area contributed by atoms with E-state index in [0.29, 0.717) is 19.6 Å². The van der Waals surface area contributed by atoms with E-state index in [-0.39, 0.29) is 12.7 Å². The van der Waals surface area contributed by atoms with Crippen LogP contribution in [0.1, 0.15) is 193 Å². The van der Waals surface area contributed by atoms with Crippen LogP contribution in [0.4, 0.5) is 9.59 Å². The Balaban J connectivity index is 1.42. The maximum Gasteiger partial charge on any atom is 0.408 e. The molecule has 0 saturated carbocycles. The molecule has 0 spiro atoms. The quantitative estimate of drug-likeness (QED) is 0.0359. The molecule has 1 heterocycles. The number of hydrogen-bond donors (Lipinski definition) is 6. The van der Waals surface area contributed by atoms with Crippen molar-refractivity contribution in [2.75, 3.05) is 19.8 Å². The average molecular weight is 848 g/mol. The summed E-state index contributed by atoms with van der Waals surface area (Å²) in [6.45, 7) is 4.55. The van der Waals surface area contributed by atoms with E-state index in [4.69, 9.17) is 14.2 Å². The normalized spacial score (nSPS) is 19.4. The molecule has 1 aliphatic rings. The van der Waals surface area contributed by atoms with Crippen molar-refractivity contribution in [3.05, 3.63) is 35.9 Å². The summed E-state index contributed by atoms with van der Waals surface area (Å²) in [5.41, 5.74) is 0.814. The lowest BCUT2D eigenvalue weighted by molar-refractivity contribution is -0.197. The van der Waals surface area contributed by atoms with Crippen LogP contribution in [0.15, 0.2) is 30.3 Å². The molecule has 3 amide bonds. The third-order valence-corrected chi connectivity index (χ3v) is 11.7. The van der Waals surface area contributed by atoms with Crippen LogP contribution in [-0.4, -0.2) is 89.7 Å². The van der Waals surface area contributed by atoms with Crippen LogP contribution in [-0.2, 0) is 25.6 Å². The molecule has 0 aromatic heterocycles. The number of ether oxygens (including phenoxy) is 3. The lowest BCUT2D eigenvalue weighted by Gasteiger charge is -2.43. The van der Waals surface area contributed by atoms with Gasteiger partial charge in [0.2, 0.25) is 5.91 Å². The summed E-state index contributed by atoms with van der Waals surface area (Å²) in [4.78, 5) is 37.3. The number of carbonyl (C=O) groups excluding carboxylic acids is 3. The summed E-state index contributed by atoms with van der Waals surface area (Å²) in [7, 11) is 0. The van der Waals surface area contributed by atoms with Gasteiger partial charge in [0.05, 0.1) is 25.4 Å². The minimum atomic E-state index is -1.37. The first kappa shape index (κ1) is 53.2. The van der Waals surface area contributed by atoms with Crippen molar-refractivity contribution in [3.8, 4) is 0 Å². The number of hydrogen-bond acceptors (Lipinski definition) is 9. The van der Waals surface area contributed by atoms with Gasteiger partial charge in [0.15, 0.2) is 0 Å². The Bertz CT molecular complexity index is 1210. The van der Waals surface area contributed by atoms with Gasteiger partial charge in [0.1, 0.15) is 31.0 Å². The first-order valence-corrected chi connectivity index (χ1v) is 24.1. The molecule has 2 rings (SSSR count). The highest BCUT2D eigenvalue weighted by Gasteiger charge is 2.44. The molecule has 0 unspecified atom stereocenters. The smallest absolute Gasteiger partial charge is 0.408 e. The van der Waals surface area contributed by atoms with Crippen molar-refractivity contribution in [3.63, 3.8) is 0 Å². The van der Waals surface area contributed by atoms with Crippen LogP contribution in [0.2, 0.25) is 0 Å². The minimum Gasteiger partial charge on any atom is -0.450 e. The zero-order valence-electron chi connectivity index (χ0n) is 37.6. The van der Waals surface area contributed by atoms with Crippen molar-refractivity contribution < 1.29 is 43.9 Å². The highest BCUT2D eigenvalue weighted by Crippen LogP contribution is 2.25. The average Bonchev–Trinajstić information content (AvgIpc) is 3.25. The first-order chi connectivity index (χ1) is 29.3. The molecule has 12 nitrogen and oxygen atoms in total. The second-order valence-corrected chi connectivity index (χ2v) is 17.0. The highest BCUT2D eigenvalue weighted by molar-refractivity contribution is 5.85. The fraction of sp³-hybridized carbons (Fsp3) is 0.812. The zero-order valence-corrected chi connectivity index (χ0v) is 37.6. The molecule has 12 heteroatoms. The van der Waals surface area contributed by atoms with Crippen molar-refractivity contribution in [2.45, 2.75) is 230 Å². The predicted molar refractivity (Wildman–Crippen MR) is 239 cm³/mol. The van der Waals surface area contributed by atoms with Crippen LogP contribution in [0.25, 0.3) is 0 Å². The van der Waals surface area contributed by atoms with E-state index in [1.54, 1.807) is 0 Å². The molecule has 1 aromatic rings. The van der Waals surface area contributed by atoms with Crippen LogP contribution in [0, 0.1) is 0 Å². The summed E-state index contributed by atoms with van der Waals surface area (Å²) in [5.74, 6) is -0.548.